The predicted octanol–water partition coefficient (Wildman–Crippen LogP) is 6.61. The number of hydrogen-bond acceptors (Lipinski definition) is 4. The van der Waals surface area contributed by atoms with Crippen LogP contribution < -0.4 is 0 Å². The van der Waals surface area contributed by atoms with Crippen LogP contribution in [0, 0.1) is 0 Å². The van der Waals surface area contributed by atoms with Gasteiger partial charge in [-0.2, -0.15) is 0 Å². The Bertz CT molecular complexity index is 1080. The maximum absolute atomic E-state index is 11.1. The molecule has 0 aliphatic heterocycles. The van der Waals surface area contributed by atoms with Gasteiger partial charge in [-0.3, -0.25) is 0 Å². The molecule has 6 nitrogen and oxygen atoms in total. The van der Waals surface area contributed by atoms with E-state index in [1.807, 2.05) is 36.4 Å². The summed E-state index contributed by atoms with van der Waals surface area (Å²) >= 11 is 4.24. The van der Waals surface area contributed by atoms with Crippen molar-refractivity contribution in [3.05, 3.63) is 94.0 Å². The Morgan fingerprint density at radius 2 is 0.844 bits per heavy atom. The summed E-state index contributed by atoms with van der Waals surface area (Å²) in [6, 6.07) is 16.3. The SMILES string of the molecule is II.O=C(O)c1cc(/C=C/c2ccc(/C=C/c3ccc(O)c(C(=O)O)c3)cc2)ccc1O. The second-order valence-corrected chi connectivity index (χ2v) is 6.50. The highest BCUT2D eigenvalue weighted by molar-refractivity contribution is 15.0. The molecule has 0 fully saturated rings. The van der Waals surface area contributed by atoms with Crippen molar-refractivity contribution in [2.24, 2.45) is 0 Å². The van der Waals surface area contributed by atoms with E-state index in [0.29, 0.717) is 11.1 Å². The third-order valence-corrected chi connectivity index (χ3v) is 4.37. The summed E-state index contributed by atoms with van der Waals surface area (Å²) in [6.45, 7) is 0. The zero-order chi connectivity index (χ0) is 23.7. The van der Waals surface area contributed by atoms with Crippen LogP contribution in [0.5, 0.6) is 11.5 Å². The molecule has 0 unspecified atom stereocenters. The molecule has 0 radical (unpaired) electrons. The molecular weight excluding hydrogens is 638 g/mol. The van der Waals surface area contributed by atoms with Crippen molar-refractivity contribution in [2.45, 2.75) is 0 Å². The standard InChI is InChI=1S/C24H18O6.I2/c25-21-11-9-17(13-19(21)23(27)28)7-5-15-1-2-16(4-3-15)6-8-18-10-12-22(26)20(14-18)24(29)30;1-2/h1-14,25-26H,(H,27,28)(H,29,30);/b7-5+,8-6+;. The Labute approximate surface area is 207 Å². The molecule has 3 aromatic rings. The number of aromatic carboxylic acids is 2. The molecule has 0 atom stereocenters. The Balaban J connectivity index is 0.00000176. The van der Waals surface area contributed by atoms with Crippen LogP contribution in [0.2, 0.25) is 0 Å². The van der Waals surface area contributed by atoms with Gasteiger partial charge in [-0.1, -0.05) is 60.7 Å². The van der Waals surface area contributed by atoms with Gasteiger partial charge < -0.3 is 20.4 Å². The molecule has 0 aliphatic carbocycles. The van der Waals surface area contributed by atoms with E-state index in [9.17, 15) is 19.8 Å². The van der Waals surface area contributed by atoms with Crippen LogP contribution in [0.15, 0.2) is 60.7 Å². The molecule has 0 aromatic heterocycles. The Morgan fingerprint density at radius 3 is 1.16 bits per heavy atom. The van der Waals surface area contributed by atoms with Crippen molar-refractivity contribution >= 4 is 73.5 Å². The average molecular weight is 656 g/mol. The fourth-order valence-electron chi connectivity index (χ4n) is 2.76. The summed E-state index contributed by atoms with van der Waals surface area (Å²) < 4.78 is 0. The number of aromatic hydroxyl groups is 2. The number of benzene rings is 3. The van der Waals surface area contributed by atoms with Gasteiger partial charge in [-0.25, -0.2) is 9.59 Å². The van der Waals surface area contributed by atoms with E-state index in [1.165, 1.54) is 24.3 Å². The van der Waals surface area contributed by atoms with Crippen molar-refractivity contribution in [1.29, 1.82) is 0 Å². The molecule has 3 rings (SSSR count). The maximum atomic E-state index is 11.1. The fourth-order valence-corrected chi connectivity index (χ4v) is 2.76. The minimum atomic E-state index is -1.19. The highest BCUT2D eigenvalue weighted by atomic mass is 128. The van der Waals surface area contributed by atoms with Gasteiger partial charge in [0.15, 0.2) is 0 Å². The molecule has 0 heterocycles. The summed E-state index contributed by atoms with van der Waals surface area (Å²) in [6.07, 6.45) is 7.15. The lowest BCUT2D eigenvalue weighted by Crippen LogP contribution is -1.96. The first-order valence-electron chi connectivity index (χ1n) is 9.06. The van der Waals surface area contributed by atoms with Crippen molar-refractivity contribution in [2.75, 3.05) is 0 Å². The van der Waals surface area contributed by atoms with Gasteiger partial charge in [-0.05, 0) is 46.5 Å². The topological polar surface area (TPSA) is 115 Å². The Hall–Kier alpha value is -2.86. The second-order valence-electron chi connectivity index (χ2n) is 6.50. The van der Waals surface area contributed by atoms with E-state index in [2.05, 4.69) is 37.2 Å². The van der Waals surface area contributed by atoms with Crippen LogP contribution in [0.25, 0.3) is 24.3 Å². The van der Waals surface area contributed by atoms with Crippen LogP contribution in [0.1, 0.15) is 43.0 Å². The lowest BCUT2D eigenvalue weighted by atomic mass is 10.1. The molecule has 0 aliphatic rings. The first-order chi connectivity index (χ1) is 15.3. The summed E-state index contributed by atoms with van der Waals surface area (Å²) in [4.78, 5) is 22.2. The predicted molar refractivity (Wildman–Crippen MR) is 142 cm³/mol. The number of carboxylic acid groups (broad SMARTS) is 2. The van der Waals surface area contributed by atoms with Gasteiger partial charge in [-0.15, -0.1) is 0 Å². The highest BCUT2D eigenvalue weighted by Gasteiger charge is 2.09. The third-order valence-electron chi connectivity index (χ3n) is 4.37. The minimum absolute atomic E-state index is 0.155. The zero-order valence-corrected chi connectivity index (χ0v) is 20.8. The van der Waals surface area contributed by atoms with E-state index in [-0.39, 0.29) is 22.6 Å². The van der Waals surface area contributed by atoms with Crippen molar-refractivity contribution < 1.29 is 30.0 Å². The van der Waals surface area contributed by atoms with E-state index >= 15 is 0 Å². The number of rotatable bonds is 6. The molecule has 0 amide bonds. The number of hydrogen-bond donors (Lipinski definition) is 4. The third kappa shape index (κ3) is 7.09. The Morgan fingerprint density at radius 1 is 0.562 bits per heavy atom. The summed E-state index contributed by atoms with van der Waals surface area (Å²) in [5, 5.41) is 37.2. The fraction of sp³-hybridized carbons (Fsp3) is 0. The van der Waals surface area contributed by atoms with Crippen LogP contribution in [-0.4, -0.2) is 32.4 Å². The largest absolute Gasteiger partial charge is 0.507 e. The van der Waals surface area contributed by atoms with E-state index in [4.69, 9.17) is 10.2 Å². The van der Waals surface area contributed by atoms with E-state index in [1.54, 1.807) is 24.3 Å². The van der Waals surface area contributed by atoms with Gasteiger partial charge in [0.2, 0.25) is 0 Å². The molecule has 0 saturated heterocycles. The van der Waals surface area contributed by atoms with Crippen molar-refractivity contribution in [3.63, 3.8) is 0 Å². The quantitative estimate of drug-likeness (QED) is 0.176. The molecule has 4 N–H and O–H groups in total. The first kappa shape index (κ1) is 25.4. The molecule has 0 bridgehead atoms. The monoisotopic (exact) mass is 656 g/mol. The number of carbonyl (C=O) groups is 2. The van der Waals surface area contributed by atoms with Crippen LogP contribution in [0.4, 0.5) is 0 Å². The molecule has 0 saturated carbocycles. The maximum Gasteiger partial charge on any atom is 0.339 e. The van der Waals surface area contributed by atoms with E-state index < -0.39 is 11.9 Å². The number of carboxylic acids is 2. The van der Waals surface area contributed by atoms with Gasteiger partial charge in [0.1, 0.15) is 22.6 Å². The molecule has 8 heteroatoms. The minimum Gasteiger partial charge on any atom is -0.507 e. The number of halogens is 2. The van der Waals surface area contributed by atoms with Crippen LogP contribution >= 0.6 is 37.2 Å². The van der Waals surface area contributed by atoms with Crippen molar-refractivity contribution in [3.8, 4) is 11.5 Å². The highest BCUT2D eigenvalue weighted by Crippen LogP contribution is 2.21. The number of phenols is 2. The molecule has 0 spiro atoms. The molecular formula is C24H18I2O6. The molecule has 164 valence electrons. The summed E-state index contributed by atoms with van der Waals surface area (Å²) in [7, 11) is 0. The van der Waals surface area contributed by atoms with Gasteiger partial charge >= 0.3 is 11.9 Å². The van der Waals surface area contributed by atoms with Gasteiger partial charge in [0.05, 0.1) is 0 Å². The summed E-state index contributed by atoms with van der Waals surface area (Å²) in [5.41, 5.74) is 2.78. The van der Waals surface area contributed by atoms with Crippen LogP contribution in [-0.2, 0) is 0 Å². The lowest BCUT2D eigenvalue weighted by Gasteiger charge is -2.02. The molecule has 3 aromatic carbocycles. The molecule has 32 heavy (non-hydrogen) atoms. The zero-order valence-electron chi connectivity index (χ0n) is 16.4. The Kier molecular flexibility index (Phi) is 9.72. The van der Waals surface area contributed by atoms with Gasteiger partial charge in [0.25, 0.3) is 0 Å². The van der Waals surface area contributed by atoms with Crippen LogP contribution in [0.3, 0.4) is 0 Å². The average Bonchev–Trinajstić information content (AvgIpc) is 2.79. The summed E-state index contributed by atoms with van der Waals surface area (Å²) in [5.74, 6) is -2.94. The van der Waals surface area contributed by atoms with Crippen molar-refractivity contribution in [1.82, 2.24) is 0 Å². The lowest BCUT2D eigenvalue weighted by molar-refractivity contribution is 0.0682. The smallest absolute Gasteiger partial charge is 0.339 e. The van der Waals surface area contributed by atoms with E-state index in [0.717, 1.165) is 11.1 Å². The normalized spacial score (nSPS) is 10.7. The van der Waals surface area contributed by atoms with Gasteiger partial charge in [0, 0.05) is 37.2 Å². The second kappa shape index (κ2) is 12.2. The first-order valence-corrected chi connectivity index (χ1v) is 15.4.